The third-order valence-electron chi connectivity index (χ3n) is 3.61. The van der Waals surface area contributed by atoms with Crippen LogP contribution in [-0.2, 0) is 25.5 Å². The number of carbonyl (C=O) groups excluding carboxylic acids is 3. The van der Waals surface area contributed by atoms with Crippen molar-refractivity contribution in [1.29, 1.82) is 0 Å². The van der Waals surface area contributed by atoms with Gasteiger partial charge in [0.15, 0.2) is 0 Å². The molecule has 0 heterocycles. The van der Waals surface area contributed by atoms with Crippen LogP contribution in [0.3, 0.4) is 0 Å². The summed E-state index contributed by atoms with van der Waals surface area (Å²) in [7, 11) is 1.28. The molecule has 0 spiro atoms. The standard InChI is InChI=1S/C19H26N2O4/c1-5-17(22)20-15(12-14-9-7-6-8-10-14)18(23)21-16(11-13(2)3)19(24)25-4/h5-10,13,15-16H,1,11-12H2,2-4H3,(H,20,22)(H,21,23)/t15-,16-/m0/s1. The van der Waals surface area contributed by atoms with Gasteiger partial charge in [-0.25, -0.2) is 4.79 Å². The first kappa shape index (κ1) is 20.4. The minimum atomic E-state index is -0.813. The van der Waals surface area contributed by atoms with Gasteiger partial charge in [-0.05, 0) is 24.0 Å². The largest absolute Gasteiger partial charge is 0.467 e. The molecule has 0 fully saturated rings. The van der Waals surface area contributed by atoms with E-state index in [1.165, 1.54) is 7.11 Å². The highest BCUT2D eigenvalue weighted by molar-refractivity contribution is 5.94. The average molecular weight is 346 g/mol. The van der Waals surface area contributed by atoms with Gasteiger partial charge in [0.1, 0.15) is 12.1 Å². The Bertz CT molecular complexity index is 599. The Labute approximate surface area is 148 Å². The second-order valence-electron chi connectivity index (χ2n) is 6.17. The fourth-order valence-electron chi connectivity index (χ4n) is 2.39. The van der Waals surface area contributed by atoms with Gasteiger partial charge in [0.05, 0.1) is 7.11 Å². The van der Waals surface area contributed by atoms with Crippen LogP contribution < -0.4 is 10.6 Å². The molecular formula is C19H26N2O4. The molecule has 25 heavy (non-hydrogen) atoms. The molecule has 6 nitrogen and oxygen atoms in total. The fraction of sp³-hybridized carbons (Fsp3) is 0.421. The van der Waals surface area contributed by atoms with Crippen molar-refractivity contribution in [2.24, 2.45) is 5.92 Å². The second kappa shape index (κ2) is 10.3. The molecule has 1 aromatic rings. The molecule has 0 bridgehead atoms. The molecule has 6 heteroatoms. The van der Waals surface area contributed by atoms with Crippen LogP contribution in [0.1, 0.15) is 25.8 Å². The van der Waals surface area contributed by atoms with E-state index >= 15 is 0 Å². The van der Waals surface area contributed by atoms with Crippen LogP contribution >= 0.6 is 0 Å². The van der Waals surface area contributed by atoms with Gasteiger partial charge >= 0.3 is 5.97 Å². The molecule has 2 atom stereocenters. The van der Waals surface area contributed by atoms with Crippen molar-refractivity contribution in [2.75, 3.05) is 7.11 Å². The van der Waals surface area contributed by atoms with Crippen molar-refractivity contribution in [3.8, 4) is 0 Å². The summed E-state index contributed by atoms with van der Waals surface area (Å²) >= 11 is 0. The van der Waals surface area contributed by atoms with E-state index in [2.05, 4.69) is 17.2 Å². The summed E-state index contributed by atoms with van der Waals surface area (Å²) in [6.07, 6.45) is 1.87. The highest BCUT2D eigenvalue weighted by Gasteiger charge is 2.27. The van der Waals surface area contributed by atoms with Crippen LogP contribution in [0.4, 0.5) is 0 Å². The molecule has 2 N–H and O–H groups in total. The van der Waals surface area contributed by atoms with Gasteiger partial charge in [0.2, 0.25) is 11.8 Å². The summed E-state index contributed by atoms with van der Waals surface area (Å²) in [6.45, 7) is 7.30. The summed E-state index contributed by atoms with van der Waals surface area (Å²) in [4.78, 5) is 36.2. The normalized spacial score (nSPS) is 12.8. The zero-order valence-electron chi connectivity index (χ0n) is 15.0. The molecule has 0 aliphatic heterocycles. The maximum absolute atomic E-state index is 12.6. The number of rotatable bonds is 9. The van der Waals surface area contributed by atoms with E-state index in [0.29, 0.717) is 12.8 Å². The lowest BCUT2D eigenvalue weighted by Gasteiger charge is -2.23. The van der Waals surface area contributed by atoms with Gasteiger partial charge in [-0.15, -0.1) is 0 Å². The van der Waals surface area contributed by atoms with E-state index in [9.17, 15) is 14.4 Å². The highest BCUT2D eigenvalue weighted by atomic mass is 16.5. The molecular weight excluding hydrogens is 320 g/mol. The lowest BCUT2D eigenvalue weighted by molar-refractivity contribution is -0.145. The smallest absolute Gasteiger partial charge is 0.328 e. The van der Waals surface area contributed by atoms with Crippen molar-refractivity contribution in [1.82, 2.24) is 10.6 Å². The molecule has 0 saturated carbocycles. The maximum atomic E-state index is 12.6. The SMILES string of the molecule is C=CC(=O)N[C@@H](Cc1ccccc1)C(=O)N[C@@H](CC(C)C)C(=O)OC. The molecule has 0 radical (unpaired) electrons. The van der Waals surface area contributed by atoms with Crippen molar-refractivity contribution < 1.29 is 19.1 Å². The minimum absolute atomic E-state index is 0.194. The quantitative estimate of drug-likeness (QED) is 0.525. The van der Waals surface area contributed by atoms with Gasteiger partial charge in [0.25, 0.3) is 0 Å². The Morgan fingerprint density at radius 3 is 2.28 bits per heavy atom. The number of nitrogens with one attached hydrogen (secondary N) is 2. The van der Waals surface area contributed by atoms with E-state index < -0.39 is 29.9 Å². The van der Waals surface area contributed by atoms with Gasteiger partial charge in [0, 0.05) is 6.42 Å². The molecule has 0 aromatic heterocycles. The molecule has 1 aromatic carbocycles. The summed E-state index contributed by atoms with van der Waals surface area (Å²) < 4.78 is 4.76. The van der Waals surface area contributed by atoms with E-state index in [1.807, 2.05) is 44.2 Å². The van der Waals surface area contributed by atoms with Gasteiger partial charge in [-0.2, -0.15) is 0 Å². The summed E-state index contributed by atoms with van der Waals surface area (Å²) in [5, 5.41) is 5.30. The van der Waals surface area contributed by atoms with Crippen LogP contribution in [-0.4, -0.2) is 37.0 Å². The molecule has 0 saturated heterocycles. The topological polar surface area (TPSA) is 84.5 Å². The van der Waals surface area contributed by atoms with Crippen LogP contribution in [0, 0.1) is 5.92 Å². The Morgan fingerprint density at radius 1 is 1.12 bits per heavy atom. The predicted molar refractivity (Wildman–Crippen MR) is 95.7 cm³/mol. The first-order valence-electron chi connectivity index (χ1n) is 8.22. The third kappa shape index (κ3) is 7.20. The fourth-order valence-corrected chi connectivity index (χ4v) is 2.39. The van der Waals surface area contributed by atoms with E-state index in [-0.39, 0.29) is 5.92 Å². The number of hydrogen-bond acceptors (Lipinski definition) is 4. The average Bonchev–Trinajstić information content (AvgIpc) is 2.60. The van der Waals surface area contributed by atoms with E-state index in [4.69, 9.17) is 4.74 Å². The lowest BCUT2D eigenvalue weighted by Crippen LogP contribution is -2.52. The van der Waals surface area contributed by atoms with Crippen molar-refractivity contribution in [2.45, 2.75) is 38.8 Å². The number of benzene rings is 1. The molecule has 136 valence electrons. The summed E-state index contributed by atoms with van der Waals surface area (Å²) in [6, 6.07) is 7.75. The summed E-state index contributed by atoms with van der Waals surface area (Å²) in [5.74, 6) is -1.19. The highest BCUT2D eigenvalue weighted by Crippen LogP contribution is 2.08. The van der Waals surface area contributed by atoms with Crippen LogP contribution in [0.5, 0.6) is 0 Å². The van der Waals surface area contributed by atoms with Crippen LogP contribution in [0.2, 0.25) is 0 Å². The number of hydrogen-bond donors (Lipinski definition) is 2. The van der Waals surface area contributed by atoms with E-state index in [1.54, 1.807) is 0 Å². The Hall–Kier alpha value is -2.63. The zero-order valence-corrected chi connectivity index (χ0v) is 15.0. The van der Waals surface area contributed by atoms with E-state index in [0.717, 1.165) is 11.6 Å². The lowest BCUT2D eigenvalue weighted by atomic mass is 10.0. The molecule has 0 aliphatic carbocycles. The number of esters is 1. The number of ether oxygens (including phenoxy) is 1. The Morgan fingerprint density at radius 2 is 1.76 bits per heavy atom. The minimum Gasteiger partial charge on any atom is -0.467 e. The van der Waals surface area contributed by atoms with Crippen molar-refractivity contribution in [3.05, 3.63) is 48.6 Å². The molecule has 1 rings (SSSR count). The predicted octanol–water partition coefficient (Wildman–Crippen LogP) is 1.60. The number of amides is 2. The van der Waals surface area contributed by atoms with Gasteiger partial charge < -0.3 is 15.4 Å². The Kier molecular flexibility index (Phi) is 8.39. The maximum Gasteiger partial charge on any atom is 0.328 e. The van der Waals surface area contributed by atoms with Crippen molar-refractivity contribution >= 4 is 17.8 Å². The molecule has 2 amide bonds. The number of methoxy groups -OCH3 is 1. The van der Waals surface area contributed by atoms with Crippen molar-refractivity contribution in [3.63, 3.8) is 0 Å². The zero-order chi connectivity index (χ0) is 18.8. The molecule has 0 aliphatic rings. The van der Waals surface area contributed by atoms with Gasteiger partial charge in [-0.3, -0.25) is 9.59 Å². The van der Waals surface area contributed by atoms with Crippen LogP contribution in [0.15, 0.2) is 43.0 Å². The van der Waals surface area contributed by atoms with Crippen LogP contribution in [0.25, 0.3) is 0 Å². The first-order valence-corrected chi connectivity index (χ1v) is 8.22. The number of carbonyl (C=O) groups is 3. The molecule has 0 unspecified atom stereocenters. The Balaban J connectivity index is 2.90. The third-order valence-corrected chi connectivity index (χ3v) is 3.61. The second-order valence-corrected chi connectivity index (χ2v) is 6.17. The first-order chi connectivity index (χ1) is 11.9. The summed E-state index contributed by atoms with van der Waals surface area (Å²) in [5.41, 5.74) is 0.894. The monoisotopic (exact) mass is 346 g/mol. The van der Waals surface area contributed by atoms with Gasteiger partial charge in [-0.1, -0.05) is 50.8 Å².